The van der Waals surface area contributed by atoms with E-state index in [1.807, 2.05) is 0 Å². The van der Waals surface area contributed by atoms with Crippen LogP contribution in [0.25, 0.3) is 0 Å². The zero-order valence-corrected chi connectivity index (χ0v) is 8.91. The maximum atomic E-state index is 12.6. The van der Waals surface area contributed by atoms with Crippen molar-refractivity contribution in [3.63, 3.8) is 0 Å². The number of halogens is 2. The van der Waals surface area contributed by atoms with Crippen molar-refractivity contribution in [1.82, 2.24) is 0 Å². The number of benzene rings is 1. The van der Waals surface area contributed by atoms with E-state index >= 15 is 0 Å². The Morgan fingerprint density at radius 1 is 1.59 bits per heavy atom. The van der Waals surface area contributed by atoms with E-state index in [1.54, 1.807) is 6.07 Å². The molecule has 17 heavy (non-hydrogen) atoms. The standard InChI is InChI=1S/C11H9F2NO3/c1-17-11(16)9-6(5-15)2-3-7(10(12)13)8(9)4-14/h2-3,10,15H,5H2,1H3. The zero-order chi connectivity index (χ0) is 13.0. The molecule has 0 aliphatic carbocycles. The van der Waals surface area contributed by atoms with Crippen molar-refractivity contribution in [2.75, 3.05) is 7.11 Å². The second-order valence-corrected chi connectivity index (χ2v) is 3.13. The molecule has 0 heterocycles. The highest BCUT2D eigenvalue weighted by Gasteiger charge is 2.23. The monoisotopic (exact) mass is 241 g/mol. The molecule has 0 aliphatic heterocycles. The fraction of sp³-hybridized carbons (Fsp3) is 0.273. The number of rotatable bonds is 3. The van der Waals surface area contributed by atoms with Gasteiger partial charge in [-0.3, -0.25) is 0 Å². The maximum Gasteiger partial charge on any atom is 0.339 e. The number of alkyl halides is 2. The van der Waals surface area contributed by atoms with E-state index in [0.717, 1.165) is 13.2 Å². The first-order chi connectivity index (χ1) is 8.06. The van der Waals surface area contributed by atoms with Gasteiger partial charge in [-0.1, -0.05) is 12.1 Å². The van der Waals surface area contributed by atoms with Crippen molar-refractivity contribution in [2.24, 2.45) is 0 Å². The van der Waals surface area contributed by atoms with Gasteiger partial charge in [-0.15, -0.1) is 0 Å². The molecule has 1 N–H and O–H groups in total. The Hall–Kier alpha value is -2.00. The Labute approximate surface area is 96.0 Å². The summed E-state index contributed by atoms with van der Waals surface area (Å²) in [6, 6.07) is 3.73. The summed E-state index contributed by atoms with van der Waals surface area (Å²) in [6.07, 6.45) is -2.87. The summed E-state index contributed by atoms with van der Waals surface area (Å²) in [6.45, 7) is -0.539. The predicted octanol–water partition coefficient (Wildman–Crippen LogP) is 1.77. The van der Waals surface area contributed by atoms with Gasteiger partial charge in [0, 0.05) is 5.56 Å². The minimum absolute atomic E-state index is 0.0813. The number of hydrogen-bond donors (Lipinski definition) is 1. The van der Waals surface area contributed by atoms with Crippen LogP contribution in [0.5, 0.6) is 0 Å². The van der Waals surface area contributed by atoms with E-state index in [1.165, 1.54) is 6.07 Å². The fourth-order valence-corrected chi connectivity index (χ4v) is 1.43. The molecule has 0 aliphatic rings. The normalized spacial score (nSPS) is 10.1. The van der Waals surface area contributed by atoms with Crippen LogP contribution >= 0.6 is 0 Å². The van der Waals surface area contributed by atoms with Crippen LogP contribution in [-0.4, -0.2) is 18.2 Å². The number of hydrogen-bond acceptors (Lipinski definition) is 4. The molecule has 6 heteroatoms. The summed E-state index contributed by atoms with van der Waals surface area (Å²) >= 11 is 0. The first-order valence-corrected chi connectivity index (χ1v) is 4.60. The first-order valence-electron chi connectivity index (χ1n) is 4.60. The van der Waals surface area contributed by atoms with Gasteiger partial charge in [0.2, 0.25) is 0 Å². The van der Waals surface area contributed by atoms with Crippen molar-refractivity contribution in [1.29, 1.82) is 5.26 Å². The SMILES string of the molecule is COC(=O)c1c(CO)ccc(C(F)F)c1C#N. The van der Waals surface area contributed by atoms with Gasteiger partial charge >= 0.3 is 5.97 Å². The Balaban J connectivity index is 3.56. The molecule has 0 fully saturated rings. The molecule has 0 aromatic heterocycles. The molecule has 90 valence electrons. The number of aliphatic hydroxyl groups excluding tert-OH is 1. The molecule has 0 unspecified atom stereocenters. The lowest BCUT2D eigenvalue weighted by Crippen LogP contribution is -2.11. The quantitative estimate of drug-likeness (QED) is 0.819. The van der Waals surface area contributed by atoms with Crippen molar-refractivity contribution in [2.45, 2.75) is 13.0 Å². The molecule has 0 radical (unpaired) electrons. The van der Waals surface area contributed by atoms with Crippen molar-refractivity contribution < 1.29 is 23.4 Å². The molecule has 1 aromatic carbocycles. The summed E-state index contributed by atoms with van der Waals surface area (Å²) in [5.74, 6) is -0.923. The van der Waals surface area contributed by atoms with Crippen LogP contribution < -0.4 is 0 Å². The molecular formula is C11H9F2NO3. The largest absolute Gasteiger partial charge is 0.465 e. The Morgan fingerprint density at radius 3 is 2.65 bits per heavy atom. The predicted molar refractivity (Wildman–Crippen MR) is 53.4 cm³/mol. The van der Waals surface area contributed by atoms with Crippen LogP contribution in [0.15, 0.2) is 12.1 Å². The van der Waals surface area contributed by atoms with Gasteiger partial charge in [-0.2, -0.15) is 5.26 Å². The Kier molecular flexibility index (Phi) is 4.12. The third kappa shape index (κ3) is 2.40. The third-order valence-corrected chi connectivity index (χ3v) is 2.23. The lowest BCUT2D eigenvalue weighted by Gasteiger charge is -2.11. The molecule has 0 amide bonds. The van der Waals surface area contributed by atoms with Gasteiger partial charge in [-0.05, 0) is 5.56 Å². The van der Waals surface area contributed by atoms with Crippen molar-refractivity contribution in [3.05, 3.63) is 34.4 Å². The Morgan fingerprint density at radius 2 is 2.24 bits per heavy atom. The number of nitrogens with zero attached hydrogens (tertiary/aromatic N) is 1. The fourth-order valence-electron chi connectivity index (χ4n) is 1.43. The summed E-state index contributed by atoms with van der Waals surface area (Å²) in [5.41, 5.74) is -1.24. The van der Waals surface area contributed by atoms with Crippen LogP contribution in [0, 0.1) is 11.3 Å². The topological polar surface area (TPSA) is 70.3 Å². The van der Waals surface area contributed by atoms with E-state index < -0.39 is 30.1 Å². The van der Waals surface area contributed by atoms with Crippen LogP contribution in [0.4, 0.5) is 8.78 Å². The average Bonchev–Trinajstić information content (AvgIpc) is 2.35. The maximum absolute atomic E-state index is 12.6. The number of methoxy groups -OCH3 is 1. The van der Waals surface area contributed by atoms with E-state index in [0.29, 0.717) is 0 Å². The highest BCUT2D eigenvalue weighted by atomic mass is 19.3. The number of carbonyl (C=O) groups excluding carboxylic acids is 1. The smallest absolute Gasteiger partial charge is 0.339 e. The van der Waals surface area contributed by atoms with Gasteiger partial charge in [0.1, 0.15) is 6.07 Å². The molecule has 0 saturated carbocycles. The van der Waals surface area contributed by atoms with Gasteiger partial charge in [0.15, 0.2) is 0 Å². The minimum atomic E-state index is -2.87. The first kappa shape index (κ1) is 13.1. The van der Waals surface area contributed by atoms with Crippen LogP contribution in [0.1, 0.15) is 33.5 Å². The number of nitriles is 1. The van der Waals surface area contributed by atoms with E-state index in [-0.39, 0.29) is 11.1 Å². The number of esters is 1. The lowest BCUT2D eigenvalue weighted by molar-refractivity contribution is 0.0596. The minimum Gasteiger partial charge on any atom is -0.465 e. The molecule has 0 saturated heterocycles. The highest BCUT2D eigenvalue weighted by Crippen LogP contribution is 2.27. The number of aliphatic hydroxyl groups is 1. The third-order valence-electron chi connectivity index (χ3n) is 2.23. The highest BCUT2D eigenvalue weighted by molar-refractivity contribution is 5.94. The molecular weight excluding hydrogens is 232 g/mol. The van der Waals surface area contributed by atoms with Gasteiger partial charge < -0.3 is 9.84 Å². The molecule has 1 aromatic rings. The second kappa shape index (κ2) is 5.37. The Bertz CT molecular complexity index is 480. The van der Waals surface area contributed by atoms with Crippen LogP contribution in [0.3, 0.4) is 0 Å². The van der Waals surface area contributed by atoms with Crippen LogP contribution in [-0.2, 0) is 11.3 Å². The van der Waals surface area contributed by atoms with Crippen LogP contribution in [0.2, 0.25) is 0 Å². The molecule has 0 atom stereocenters. The average molecular weight is 241 g/mol. The van der Waals surface area contributed by atoms with Crippen molar-refractivity contribution in [3.8, 4) is 6.07 Å². The zero-order valence-electron chi connectivity index (χ0n) is 8.91. The second-order valence-electron chi connectivity index (χ2n) is 3.13. The van der Waals surface area contributed by atoms with E-state index in [4.69, 9.17) is 10.4 Å². The number of carbonyl (C=O) groups is 1. The summed E-state index contributed by atoms with van der Waals surface area (Å²) in [7, 11) is 1.07. The van der Waals surface area contributed by atoms with E-state index in [9.17, 15) is 13.6 Å². The molecule has 0 bridgehead atoms. The van der Waals surface area contributed by atoms with Gasteiger partial charge in [0.25, 0.3) is 6.43 Å². The molecule has 1 rings (SSSR count). The number of ether oxygens (including phenoxy) is 1. The molecule has 4 nitrogen and oxygen atoms in total. The van der Waals surface area contributed by atoms with Gasteiger partial charge in [-0.25, -0.2) is 13.6 Å². The lowest BCUT2D eigenvalue weighted by atomic mass is 9.97. The van der Waals surface area contributed by atoms with E-state index in [2.05, 4.69) is 4.74 Å². The van der Waals surface area contributed by atoms with Crippen molar-refractivity contribution >= 4 is 5.97 Å². The summed E-state index contributed by atoms with van der Waals surface area (Å²) in [4.78, 5) is 11.4. The summed E-state index contributed by atoms with van der Waals surface area (Å²) < 4.78 is 29.7. The summed E-state index contributed by atoms with van der Waals surface area (Å²) in [5, 5.41) is 17.8. The van der Waals surface area contributed by atoms with Gasteiger partial charge in [0.05, 0.1) is 24.8 Å². The molecule has 0 spiro atoms.